The molecule has 1 atom stereocenters. The molecule has 0 spiro atoms. The third-order valence-electron chi connectivity index (χ3n) is 1.39. The molecule has 1 nitrogen and oxygen atoms in total. The maximum Gasteiger partial charge on any atom is 0.0879 e. The van der Waals surface area contributed by atoms with Crippen molar-refractivity contribution in [2.24, 2.45) is 11.8 Å². The molecule has 0 aromatic carbocycles. The van der Waals surface area contributed by atoms with Gasteiger partial charge in [0.05, 0.1) is 5.76 Å². The van der Waals surface area contributed by atoms with Gasteiger partial charge in [-0.05, 0) is 12.3 Å². The fourth-order valence-electron chi connectivity index (χ4n) is 0.843. The average molecular weight is 128 g/mol. The van der Waals surface area contributed by atoms with Crippen molar-refractivity contribution in [2.45, 2.75) is 27.2 Å². The molecule has 0 aromatic rings. The van der Waals surface area contributed by atoms with Crippen LogP contribution in [0.25, 0.3) is 0 Å². The summed E-state index contributed by atoms with van der Waals surface area (Å²) >= 11 is 0. The van der Waals surface area contributed by atoms with E-state index in [1.165, 1.54) is 0 Å². The van der Waals surface area contributed by atoms with Crippen LogP contribution in [0.3, 0.4) is 0 Å². The zero-order valence-electron chi connectivity index (χ0n) is 6.52. The van der Waals surface area contributed by atoms with E-state index in [9.17, 15) is 0 Å². The quantitative estimate of drug-likeness (QED) is 0.579. The Bertz CT molecular complexity index is 94.7. The molecule has 0 amide bonds. The van der Waals surface area contributed by atoms with E-state index in [1.807, 2.05) is 6.92 Å². The summed E-state index contributed by atoms with van der Waals surface area (Å²) in [6.45, 7) is 9.73. The van der Waals surface area contributed by atoms with Gasteiger partial charge >= 0.3 is 0 Å². The normalized spacial score (nSPS) is 13.8. The Morgan fingerprint density at radius 1 is 1.44 bits per heavy atom. The van der Waals surface area contributed by atoms with Gasteiger partial charge in [0.1, 0.15) is 0 Å². The molecule has 0 aliphatic heterocycles. The lowest BCUT2D eigenvalue weighted by Gasteiger charge is -2.11. The Hall–Kier alpha value is -0.460. The van der Waals surface area contributed by atoms with Crippen LogP contribution in [0.15, 0.2) is 12.3 Å². The van der Waals surface area contributed by atoms with E-state index in [-0.39, 0.29) is 5.92 Å². The van der Waals surface area contributed by atoms with Crippen LogP contribution in [0.1, 0.15) is 27.2 Å². The molecule has 0 heterocycles. The first kappa shape index (κ1) is 8.54. The summed E-state index contributed by atoms with van der Waals surface area (Å²) in [6.07, 6.45) is 1.02. The number of aliphatic hydroxyl groups is 1. The SMILES string of the molecule is C=C(O)C(C)CC(C)C. The summed E-state index contributed by atoms with van der Waals surface area (Å²) in [4.78, 5) is 0. The molecule has 0 saturated heterocycles. The lowest BCUT2D eigenvalue weighted by molar-refractivity contribution is 0.315. The molecule has 1 heteroatoms. The van der Waals surface area contributed by atoms with Crippen molar-refractivity contribution in [3.05, 3.63) is 12.3 Å². The van der Waals surface area contributed by atoms with Crippen LogP contribution in [0.4, 0.5) is 0 Å². The summed E-state index contributed by atoms with van der Waals surface area (Å²) in [7, 11) is 0. The van der Waals surface area contributed by atoms with Gasteiger partial charge in [-0.15, -0.1) is 0 Å². The molecule has 0 radical (unpaired) electrons. The van der Waals surface area contributed by atoms with E-state index in [4.69, 9.17) is 5.11 Å². The molecule has 0 saturated carbocycles. The fraction of sp³-hybridized carbons (Fsp3) is 0.750. The van der Waals surface area contributed by atoms with E-state index in [2.05, 4.69) is 20.4 Å². The van der Waals surface area contributed by atoms with Crippen molar-refractivity contribution in [1.82, 2.24) is 0 Å². The first-order valence-electron chi connectivity index (χ1n) is 3.41. The van der Waals surface area contributed by atoms with Crippen LogP contribution in [0.2, 0.25) is 0 Å². The second-order valence-corrected chi connectivity index (χ2v) is 3.02. The maximum atomic E-state index is 8.88. The van der Waals surface area contributed by atoms with Crippen LogP contribution in [-0.2, 0) is 0 Å². The van der Waals surface area contributed by atoms with Crippen molar-refractivity contribution >= 4 is 0 Å². The second-order valence-electron chi connectivity index (χ2n) is 3.02. The minimum absolute atomic E-state index is 0.255. The third-order valence-corrected chi connectivity index (χ3v) is 1.39. The van der Waals surface area contributed by atoms with Crippen molar-refractivity contribution in [3.63, 3.8) is 0 Å². The van der Waals surface area contributed by atoms with Crippen LogP contribution in [0, 0.1) is 11.8 Å². The van der Waals surface area contributed by atoms with E-state index < -0.39 is 0 Å². The Kier molecular flexibility index (Phi) is 3.36. The summed E-state index contributed by atoms with van der Waals surface area (Å²) in [5.74, 6) is 1.21. The number of rotatable bonds is 3. The zero-order valence-corrected chi connectivity index (χ0v) is 6.52. The van der Waals surface area contributed by atoms with Crippen LogP contribution in [0.5, 0.6) is 0 Å². The first-order valence-corrected chi connectivity index (χ1v) is 3.41. The van der Waals surface area contributed by atoms with Crippen LogP contribution >= 0.6 is 0 Å². The molecule has 1 N–H and O–H groups in total. The summed E-state index contributed by atoms with van der Waals surface area (Å²) in [5.41, 5.74) is 0. The standard InChI is InChI=1S/C8H16O/c1-6(2)5-7(3)8(4)9/h6-7,9H,4-5H2,1-3H3. The Morgan fingerprint density at radius 2 is 1.89 bits per heavy atom. The summed E-state index contributed by atoms with van der Waals surface area (Å²) < 4.78 is 0. The van der Waals surface area contributed by atoms with E-state index >= 15 is 0 Å². The van der Waals surface area contributed by atoms with Gasteiger partial charge in [0.15, 0.2) is 0 Å². The Labute approximate surface area is 57.4 Å². The minimum atomic E-state index is 0.255. The summed E-state index contributed by atoms with van der Waals surface area (Å²) in [6, 6.07) is 0. The summed E-state index contributed by atoms with van der Waals surface area (Å²) in [5, 5.41) is 8.88. The Balaban J connectivity index is 3.50. The molecule has 9 heavy (non-hydrogen) atoms. The molecule has 1 unspecified atom stereocenters. The third kappa shape index (κ3) is 4.07. The van der Waals surface area contributed by atoms with Gasteiger partial charge in [-0.3, -0.25) is 0 Å². The highest BCUT2D eigenvalue weighted by Crippen LogP contribution is 2.15. The molecular formula is C8H16O. The van der Waals surface area contributed by atoms with Gasteiger partial charge in [-0.2, -0.15) is 0 Å². The first-order chi connectivity index (χ1) is 4.04. The molecule has 0 aromatic heterocycles. The van der Waals surface area contributed by atoms with Gasteiger partial charge in [0.2, 0.25) is 0 Å². The van der Waals surface area contributed by atoms with Gasteiger partial charge in [0.25, 0.3) is 0 Å². The van der Waals surface area contributed by atoms with Crippen molar-refractivity contribution in [2.75, 3.05) is 0 Å². The minimum Gasteiger partial charge on any atom is -0.513 e. The van der Waals surface area contributed by atoms with Crippen molar-refractivity contribution in [1.29, 1.82) is 0 Å². The molecule has 0 aliphatic carbocycles. The molecule has 0 rings (SSSR count). The van der Waals surface area contributed by atoms with E-state index in [0.717, 1.165) is 6.42 Å². The van der Waals surface area contributed by atoms with Gasteiger partial charge in [-0.1, -0.05) is 27.4 Å². The van der Waals surface area contributed by atoms with Crippen molar-refractivity contribution < 1.29 is 5.11 Å². The van der Waals surface area contributed by atoms with Gasteiger partial charge < -0.3 is 5.11 Å². The smallest absolute Gasteiger partial charge is 0.0879 e. The lowest BCUT2D eigenvalue weighted by atomic mass is 9.98. The largest absolute Gasteiger partial charge is 0.513 e. The molecule has 54 valence electrons. The predicted octanol–water partition coefficient (Wildman–Crippen LogP) is 2.74. The second kappa shape index (κ2) is 3.54. The highest BCUT2D eigenvalue weighted by molar-refractivity contribution is 4.85. The van der Waals surface area contributed by atoms with E-state index in [0.29, 0.717) is 11.7 Å². The number of allylic oxidation sites excluding steroid dienone is 1. The lowest BCUT2D eigenvalue weighted by Crippen LogP contribution is -2.01. The van der Waals surface area contributed by atoms with Crippen LogP contribution < -0.4 is 0 Å². The molecule has 0 fully saturated rings. The topological polar surface area (TPSA) is 20.2 Å². The fourth-order valence-corrected chi connectivity index (χ4v) is 0.843. The van der Waals surface area contributed by atoms with Crippen LogP contribution in [-0.4, -0.2) is 5.11 Å². The highest BCUT2D eigenvalue weighted by Gasteiger charge is 2.06. The number of hydrogen-bond donors (Lipinski definition) is 1. The van der Waals surface area contributed by atoms with Gasteiger partial charge in [-0.25, -0.2) is 0 Å². The molecule has 0 aliphatic rings. The van der Waals surface area contributed by atoms with Gasteiger partial charge in [0, 0.05) is 5.92 Å². The number of aliphatic hydroxyl groups excluding tert-OH is 1. The molecular weight excluding hydrogens is 112 g/mol. The van der Waals surface area contributed by atoms with E-state index in [1.54, 1.807) is 0 Å². The monoisotopic (exact) mass is 128 g/mol. The molecule has 0 bridgehead atoms. The maximum absolute atomic E-state index is 8.88. The predicted molar refractivity (Wildman–Crippen MR) is 40.4 cm³/mol. The highest BCUT2D eigenvalue weighted by atomic mass is 16.3. The van der Waals surface area contributed by atoms with Crippen molar-refractivity contribution in [3.8, 4) is 0 Å². The average Bonchev–Trinajstić information content (AvgIpc) is 1.63. The number of hydrogen-bond acceptors (Lipinski definition) is 1. The Morgan fingerprint density at radius 3 is 2.00 bits per heavy atom. The zero-order chi connectivity index (χ0) is 7.44.